The summed E-state index contributed by atoms with van der Waals surface area (Å²) in [5.74, 6) is 1.57. The third kappa shape index (κ3) is 7.10. The average Bonchev–Trinajstić information content (AvgIpc) is 3.22. The predicted octanol–water partition coefficient (Wildman–Crippen LogP) is 3.62. The highest BCUT2D eigenvalue weighted by atomic mass is 32.2. The molecule has 9 heteroatoms. The first-order valence-corrected chi connectivity index (χ1v) is 11.6. The monoisotopic (exact) mass is 453 g/mol. The van der Waals surface area contributed by atoms with E-state index in [-0.39, 0.29) is 24.5 Å². The summed E-state index contributed by atoms with van der Waals surface area (Å²) in [7, 11) is -2.08. The highest BCUT2D eigenvalue weighted by Gasteiger charge is 2.23. The van der Waals surface area contributed by atoms with Crippen LogP contribution < -0.4 is 18.9 Å². The van der Waals surface area contributed by atoms with Crippen molar-refractivity contribution in [1.29, 1.82) is 0 Å². The van der Waals surface area contributed by atoms with E-state index in [9.17, 15) is 8.42 Å². The first-order valence-electron chi connectivity index (χ1n) is 10.1. The second-order valence-electron chi connectivity index (χ2n) is 6.61. The maximum absolute atomic E-state index is 12.3. The van der Waals surface area contributed by atoms with E-state index < -0.39 is 10.0 Å². The van der Waals surface area contributed by atoms with Crippen LogP contribution in [0.25, 0.3) is 0 Å². The topological polar surface area (TPSA) is 92.3 Å². The van der Waals surface area contributed by atoms with Crippen LogP contribution in [0.1, 0.15) is 31.9 Å². The number of sulfonamides is 1. The zero-order valence-electron chi connectivity index (χ0n) is 18.6. The van der Waals surface area contributed by atoms with Gasteiger partial charge in [-0.2, -0.15) is 0 Å². The molecule has 0 aromatic heterocycles. The number of benzene rings is 2. The molecule has 1 aliphatic rings. The Balaban J connectivity index is 0.000000366. The smallest absolute Gasteiger partial charge is 0.240 e. The normalized spacial score (nSPS) is 12.5. The number of fused-ring (bicyclic) bond motifs is 1. The quantitative estimate of drug-likeness (QED) is 0.580. The van der Waals surface area contributed by atoms with Gasteiger partial charge in [-0.15, -0.1) is 0 Å². The number of hydrogen-bond acceptors (Lipinski definition) is 7. The lowest BCUT2D eigenvalue weighted by atomic mass is 10.2. The molecule has 0 fully saturated rings. The third-order valence-corrected chi connectivity index (χ3v) is 5.78. The number of hydrogen-bond donors (Lipinski definition) is 1. The Bertz CT molecular complexity index is 924. The average molecular weight is 454 g/mol. The Hall–Kier alpha value is -2.33. The molecular formula is C22H31NO7S. The molecule has 2 aromatic rings. The molecule has 2 aromatic carbocycles. The lowest BCUT2D eigenvalue weighted by Gasteiger charge is -2.12. The summed E-state index contributed by atoms with van der Waals surface area (Å²) in [5, 5.41) is 0. The van der Waals surface area contributed by atoms with Gasteiger partial charge in [0.15, 0.2) is 17.8 Å². The molecule has 8 nitrogen and oxygen atoms in total. The van der Waals surface area contributed by atoms with Crippen molar-refractivity contribution < 1.29 is 32.1 Å². The van der Waals surface area contributed by atoms with Gasteiger partial charge in [0.1, 0.15) is 0 Å². The van der Waals surface area contributed by atoms with Crippen LogP contribution in [0.5, 0.6) is 17.2 Å². The molecule has 0 bridgehead atoms. The Kier molecular flexibility index (Phi) is 9.57. The van der Waals surface area contributed by atoms with E-state index in [1.54, 1.807) is 36.4 Å². The number of aryl methyl sites for hydroxylation is 1. The fraction of sp³-hybridized carbons (Fsp3) is 0.455. The van der Waals surface area contributed by atoms with Crippen molar-refractivity contribution >= 4 is 10.0 Å². The molecule has 0 unspecified atom stereocenters. The first kappa shape index (κ1) is 24.9. The molecule has 1 N–H and O–H groups in total. The summed E-state index contributed by atoms with van der Waals surface area (Å²) in [6.07, 6.45) is -0.0370. The molecule has 3 rings (SSSR count). The molecule has 0 aliphatic carbocycles. The van der Waals surface area contributed by atoms with Crippen LogP contribution >= 0.6 is 0 Å². The van der Waals surface area contributed by atoms with Crippen LogP contribution in [0, 0.1) is 6.92 Å². The summed E-state index contributed by atoms with van der Waals surface area (Å²) >= 11 is 0. The summed E-state index contributed by atoms with van der Waals surface area (Å²) in [6.45, 7) is 9.38. The number of rotatable bonds is 9. The van der Waals surface area contributed by atoms with Gasteiger partial charge < -0.3 is 23.7 Å². The fourth-order valence-electron chi connectivity index (χ4n) is 2.84. The van der Waals surface area contributed by atoms with Crippen LogP contribution in [0.3, 0.4) is 0 Å². The molecule has 0 saturated carbocycles. The Morgan fingerprint density at radius 1 is 1.03 bits per heavy atom. The number of ether oxygens (including phenoxy) is 5. The minimum atomic E-state index is -3.59. The molecule has 31 heavy (non-hydrogen) atoms. The standard InChI is InChI=1S/C16H17NO5S.C6H14O2/c1-11-3-6-13(7-4-11)23(18,19)17-9-12-5-8-14-16(15(12)20-2)22-10-21-14;1-4-7-6(3)8-5-2/h3-8,17H,9-10H2,1-2H3;6H,4-5H2,1-3H3. The van der Waals surface area contributed by atoms with Crippen LogP contribution in [0.2, 0.25) is 0 Å². The molecule has 0 spiro atoms. The molecular weight excluding hydrogens is 422 g/mol. The van der Waals surface area contributed by atoms with E-state index in [0.29, 0.717) is 22.8 Å². The second kappa shape index (κ2) is 11.9. The van der Waals surface area contributed by atoms with Gasteiger partial charge >= 0.3 is 0 Å². The molecule has 0 radical (unpaired) electrons. The van der Waals surface area contributed by atoms with E-state index in [1.165, 1.54) is 7.11 Å². The number of nitrogens with one attached hydrogen (secondary N) is 1. The Morgan fingerprint density at radius 2 is 1.68 bits per heavy atom. The van der Waals surface area contributed by atoms with Crippen LogP contribution in [-0.2, 0) is 26.0 Å². The minimum absolute atomic E-state index is 0.0370. The van der Waals surface area contributed by atoms with Gasteiger partial charge in [0.25, 0.3) is 0 Å². The summed E-state index contributed by atoms with van der Waals surface area (Å²) in [4.78, 5) is 0.225. The van der Waals surface area contributed by atoms with E-state index in [0.717, 1.165) is 18.8 Å². The van der Waals surface area contributed by atoms with Gasteiger partial charge in [-0.25, -0.2) is 13.1 Å². The Morgan fingerprint density at radius 3 is 2.26 bits per heavy atom. The van der Waals surface area contributed by atoms with Crippen molar-refractivity contribution in [3.8, 4) is 17.2 Å². The molecule has 0 atom stereocenters. The lowest BCUT2D eigenvalue weighted by molar-refractivity contribution is -0.123. The maximum Gasteiger partial charge on any atom is 0.240 e. The van der Waals surface area contributed by atoms with E-state index >= 15 is 0 Å². The lowest BCUT2D eigenvalue weighted by Crippen LogP contribution is -2.23. The largest absolute Gasteiger partial charge is 0.492 e. The van der Waals surface area contributed by atoms with Gasteiger partial charge in [0.2, 0.25) is 22.6 Å². The molecule has 0 saturated heterocycles. The van der Waals surface area contributed by atoms with E-state index in [1.807, 2.05) is 27.7 Å². The molecule has 0 amide bonds. The summed E-state index contributed by atoms with van der Waals surface area (Å²) in [6, 6.07) is 10.2. The predicted molar refractivity (Wildman–Crippen MR) is 117 cm³/mol. The summed E-state index contributed by atoms with van der Waals surface area (Å²) < 4.78 is 53.4. The molecule has 172 valence electrons. The van der Waals surface area contributed by atoms with Crippen molar-refractivity contribution in [2.24, 2.45) is 0 Å². The zero-order chi connectivity index (χ0) is 22.9. The van der Waals surface area contributed by atoms with Gasteiger partial charge in [-0.3, -0.25) is 0 Å². The molecule has 1 heterocycles. The SMILES string of the molecule is CCOC(C)OCC.COc1c(CNS(=O)(=O)c2ccc(C)cc2)ccc2c1OCO2. The van der Waals surface area contributed by atoms with Crippen molar-refractivity contribution in [2.75, 3.05) is 27.1 Å². The third-order valence-electron chi connectivity index (χ3n) is 4.37. The van der Waals surface area contributed by atoms with E-state index in [2.05, 4.69) is 4.72 Å². The van der Waals surface area contributed by atoms with Crippen LogP contribution in [0.15, 0.2) is 41.3 Å². The second-order valence-corrected chi connectivity index (χ2v) is 8.37. The number of methoxy groups -OCH3 is 1. The summed E-state index contributed by atoms with van der Waals surface area (Å²) in [5.41, 5.74) is 1.67. The van der Waals surface area contributed by atoms with Crippen molar-refractivity contribution in [1.82, 2.24) is 4.72 Å². The minimum Gasteiger partial charge on any atom is -0.492 e. The van der Waals surface area contributed by atoms with Crippen molar-refractivity contribution in [3.05, 3.63) is 47.5 Å². The van der Waals surface area contributed by atoms with Gasteiger partial charge in [0, 0.05) is 25.3 Å². The van der Waals surface area contributed by atoms with Crippen molar-refractivity contribution in [3.63, 3.8) is 0 Å². The van der Waals surface area contributed by atoms with Crippen LogP contribution in [0.4, 0.5) is 0 Å². The molecule has 1 aliphatic heterocycles. The van der Waals surface area contributed by atoms with E-state index in [4.69, 9.17) is 23.7 Å². The first-order chi connectivity index (χ1) is 14.8. The fourth-order valence-corrected chi connectivity index (χ4v) is 3.85. The van der Waals surface area contributed by atoms with Gasteiger partial charge in [-0.1, -0.05) is 23.8 Å². The maximum atomic E-state index is 12.3. The van der Waals surface area contributed by atoms with Crippen molar-refractivity contribution in [2.45, 2.75) is 45.4 Å². The van der Waals surface area contributed by atoms with Gasteiger partial charge in [0.05, 0.1) is 12.0 Å². The highest BCUT2D eigenvalue weighted by Crippen LogP contribution is 2.43. The zero-order valence-corrected chi connectivity index (χ0v) is 19.5. The Labute approximate surface area is 184 Å². The van der Waals surface area contributed by atoms with Crippen LogP contribution in [-0.4, -0.2) is 41.8 Å². The highest BCUT2D eigenvalue weighted by molar-refractivity contribution is 7.89. The van der Waals surface area contributed by atoms with Gasteiger partial charge in [-0.05, 0) is 45.9 Å².